The molecule has 0 spiro atoms. The Morgan fingerprint density at radius 2 is 1.79 bits per heavy atom. The standard InChI is InChI=1S/C16H16O3/c1-18-13-7-5-6-12(10-13)11-15(17)14-8-3-4-9-16(14)19-2/h3-10H,11H2,1-2H3. The number of ketones is 1. The van der Waals surface area contributed by atoms with Crippen LogP contribution in [0.4, 0.5) is 0 Å². The van der Waals surface area contributed by atoms with Gasteiger partial charge in [0.25, 0.3) is 0 Å². The van der Waals surface area contributed by atoms with Crippen molar-refractivity contribution in [1.82, 2.24) is 0 Å². The maximum atomic E-state index is 12.3. The summed E-state index contributed by atoms with van der Waals surface area (Å²) in [6, 6.07) is 14.8. The third-order valence-electron chi connectivity index (χ3n) is 2.91. The molecule has 0 aliphatic carbocycles. The highest BCUT2D eigenvalue weighted by atomic mass is 16.5. The summed E-state index contributed by atoms with van der Waals surface area (Å²) in [6.45, 7) is 0. The SMILES string of the molecule is COc1cccc(CC(=O)c2ccccc2OC)c1. The third-order valence-corrected chi connectivity index (χ3v) is 2.91. The van der Waals surface area contributed by atoms with E-state index in [4.69, 9.17) is 9.47 Å². The lowest BCUT2D eigenvalue weighted by Gasteiger charge is -2.08. The lowest BCUT2D eigenvalue weighted by Crippen LogP contribution is -2.05. The molecule has 0 amide bonds. The van der Waals surface area contributed by atoms with E-state index in [1.807, 2.05) is 36.4 Å². The first-order valence-corrected chi connectivity index (χ1v) is 6.03. The van der Waals surface area contributed by atoms with Crippen molar-refractivity contribution in [3.8, 4) is 11.5 Å². The van der Waals surface area contributed by atoms with E-state index in [1.165, 1.54) is 0 Å². The number of hydrogen-bond donors (Lipinski definition) is 0. The molecule has 0 radical (unpaired) electrons. The molecule has 3 heteroatoms. The van der Waals surface area contributed by atoms with E-state index >= 15 is 0 Å². The number of carbonyl (C=O) groups is 1. The minimum atomic E-state index is 0.0331. The van der Waals surface area contributed by atoms with Gasteiger partial charge in [-0.3, -0.25) is 4.79 Å². The molecule has 0 atom stereocenters. The van der Waals surface area contributed by atoms with E-state index in [0.29, 0.717) is 17.7 Å². The first-order chi connectivity index (χ1) is 9.24. The topological polar surface area (TPSA) is 35.5 Å². The van der Waals surface area contributed by atoms with Crippen LogP contribution in [0.15, 0.2) is 48.5 Å². The van der Waals surface area contributed by atoms with Gasteiger partial charge in [-0.15, -0.1) is 0 Å². The molecule has 19 heavy (non-hydrogen) atoms. The second-order valence-corrected chi connectivity index (χ2v) is 4.15. The fourth-order valence-corrected chi connectivity index (χ4v) is 1.94. The molecule has 0 aromatic heterocycles. The van der Waals surface area contributed by atoms with E-state index in [1.54, 1.807) is 26.4 Å². The summed E-state index contributed by atoms with van der Waals surface area (Å²) in [5.74, 6) is 1.39. The van der Waals surface area contributed by atoms with E-state index in [2.05, 4.69) is 0 Å². The molecule has 0 unspecified atom stereocenters. The molecule has 2 aromatic rings. The third kappa shape index (κ3) is 3.13. The highest BCUT2D eigenvalue weighted by Crippen LogP contribution is 2.20. The molecule has 0 aliphatic rings. The van der Waals surface area contributed by atoms with Gasteiger partial charge in [-0.25, -0.2) is 0 Å². The molecule has 2 rings (SSSR count). The Morgan fingerprint density at radius 1 is 1.00 bits per heavy atom. The fourth-order valence-electron chi connectivity index (χ4n) is 1.94. The van der Waals surface area contributed by atoms with Crippen LogP contribution < -0.4 is 9.47 Å². The second kappa shape index (κ2) is 6.05. The van der Waals surface area contributed by atoms with E-state index in [0.717, 1.165) is 11.3 Å². The molecule has 0 N–H and O–H groups in total. The molecule has 0 bridgehead atoms. The van der Waals surface area contributed by atoms with Crippen molar-refractivity contribution in [2.75, 3.05) is 14.2 Å². The predicted molar refractivity (Wildman–Crippen MR) is 74.0 cm³/mol. The summed E-state index contributed by atoms with van der Waals surface area (Å²) in [4.78, 5) is 12.3. The van der Waals surface area contributed by atoms with E-state index < -0.39 is 0 Å². The Hall–Kier alpha value is -2.29. The van der Waals surface area contributed by atoms with Gasteiger partial charge in [-0.05, 0) is 29.8 Å². The number of hydrogen-bond acceptors (Lipinski definition) is 3. The number of ether oxygens (including phenoxy) is 2. The maximum absolute atomic E-state index is 12.3. The summed E-state index contributed by atoms with van der Waals surface area (Å²) < 4.78 is 10.4. The van der Waals surface area contributed by atoms with Crippen LogP contribution >= 0.6 is 0 Å². The highest BCUT2D eigenvalue weighted by molar-refractivity contribution is 5.99. The Bertz CT molecular complexity index is 576. The van der Waals surface area contributed by atoms with Crippen LogP contribution in [0.25, 0.3) is 0 Å². The Labute approximate surface area is 112 Å². The normalized spacial score (nSPS) is 10.0. The summed E-state index contributed by atoms with van der Waals surface area (Å²) in [5.41, 5.74) is 1.53. The van der Waals surface area contributed by atoms with Crippen LogP contribution in [0.2, 0.25) is 0 Å². The predicted octanol–water partition coefficient (Wildman–Crippen LogP) is 3.13. The minimum Gasteiger partial charge on any atom is -0.497 e. The number of carbonyl (C=O) groups excluding carboxylic acids is 1. The van der Waals surface area contributed by atoms with Gasteiger partial charge >= 0.3 is 0 Å². The molecule has 3 nitrogen and oxygen atoms in total. The molecule has 0 aliphatic heterocycles. The van der Waals surface area contributed by atoms with Gasteiger partial charge in [-0.2, -0.15) is 0 Å². The fraction of sp³-hybridized carbons (Fsp3) is 0.188. The Balaban J connectivity index is 2.20. The van der Waals surface area contributed by atoms with Crippen molar-refractivity contribution in [2.24, 2.45) is 0 Å². The van der Waals surface area contributed by atoms with Crippen molar-refractivity contribution >= 4 is 5.78 Å². The average Bonchev–Trinajstić information content (AvgIpc) is 2.47. The maximum Gasteiger partial charge on any atom is 0.170 e. The van der Waals surface area contributed by atoms with Gasteiger partial charge in [0.1, 0.15) is 11.5 Å². The quantitative estimate of drug-likeness (QED) is 0.771. The van der Waals surface area contributed by atoms with Crippen molar-refractivity contribution in [2.45, 2.75) is 6.42 Å². The van der Waals surface area contributed by atoms with Crippen LogP contribution in [-0.2, 0) is 6.42 Å². The number of methoxy groups -OCH3 is 2. The molecule has 0 fully saturated rings. The molecule has 0 saturated carbocycles. The van der Waals surface area contributed by atoms with Crippen LogP contribution in [0.3, 0.4) is 0 Å². The zero-order chi connectivity index (χ0) is 13.7. The first-order valence-electron chi connectivity index (χ1n) is 6.03. The summed E-state index contributed by atoms with van der Waals surface area (Å²) in [6.07, 6.45) is 0.331. The molecule has 0 saturated heterocycles. The summed E-state index contributed by atoms with van der Waals surface area (Å²) in [7, 11) is 3.18. The van der Waals surface area contributed by atoms with Gasteiger partial charge in [-0.1, -0.05) is 24.3 Å². The smallest absolute Gasteiger partial charge is 0.170 e. The molecule has 98 valence electrons. The average molecular weight is 256 g/mol. The van der Waals surface area contributed by atoms with E-state index in [-0.39, 0.29) is 5.78 Å². The molecule has 2 aromatic carbocycles. The van der Waals surface area contributed by atoms with Crippen LogP contribution in [0.1, 0.15) is 15.9 Å². The number of Topliss-reactive ketones (excluding diaryl/α,β-unsaturated/α-hetero) is 1. The van der Waals surface area contributed by atoms with Crippen LogP contribution in [0.5, 0.6) is 11.5 Å². The second-order valence-electron chi connectivity index (χ2n) is 4.15. The van der Waals surface area contributed by atoms with Crippen LogP contribution in [0, 0.1) is 0 Å². The lowest BCUT2D eigenvalue weighted by atomic mass is 10.0. The summed E-state index contributed by atoms with van der Waals surface area (Å²) >= 11 is 0. The first kappa shape index (κ1) is 13.1. The number of para-hydroxylation sites is 1. The van der Waals surface area contributed by atoms with Crippen molar-refractivity contribution in [3.63, 3.8) is 0 Å². The minimum absolute atomic E-state index is 0.0331. The van der Waals surface area contributed by atoms with Crippen LogP contribution in [-0.4, -0.2) is 20.0 Å². The van der Waals surface area contributed by atoms with Gasteiger partial charge < -0.3 is 9.47 Å². The Morgan fingerprint density at radius 3 is 2.53 bits per heavy atom. The molecular formula is C16H16O3. The monoisotopic (exact) mass is 256 g/mol. The van der Waals surface area contributed by atoms with Crippen molar-refractivity contribution in [3.05, 3.63) is 59.7 Å². The Kier molecular flexibility index (Phi) is 4.18. The van der Waals surface area contributed by atoms with Gasteiger partial charge in [0, 0.05) is 6.42 Å². The van der Waals surface area contributed by atoms with Gasteiger partial charge in [0.05, 0.1) is 19.8 Å². The number of rotatable bonds is 5. The largest absolute Gasteiger partial charge is 0.497 e. The molecule has 0 heterocycles. The zero-order valence-electron chi connectivity index (χ0n) is 11.1. The molecular weight excluding hydrogens is 240 g/mol. The van der Waals surface area contributed by atoms with Crippen molar-refractivity contribution in [1.29, 1.82) is 0 Å². The van der Waals surface area contributed by atoms with Gasteiger partial charge in [0.2, 0.25) is 0 Å². The van der Waals surface area contributed by atoms with E-state index in [9.17, 15) is 4.79 Å². The van der Waals surface area contributed by atoms with Gasteiger partial charge in [0.15, 0.2) is 5.78 Å². The number of benzene rings is 2. The lowest BCUT2D eigenvalue weighted by molar-refractivity contribution is 0.0990. The zero-order valence-corrected chi connectivity index (χ0v) is 11.1. The highest BCUT2D eigenvalue weighted by Gasteiger charge is 2.12. The van der Waals surface area contributed by atoms with Crippen molar-refractivity contribution < 1.29 is 14.3 Å². The summed E-state index contributed by atoms with van der Waals surface area (Å²) in [5, 5.41) is 0.